The van der Waals surface area contributed by atoms with Crippen molar-refractivity contribution < 1.29 is 9.09 Å². The SMILES string of the molecule is C=CCO[P+](=O)CCCCCCCC. The average molecular weight is 217 g/mol. The molecule has 14 heavy (non-hydrogen) atoms. The van der Waals surface area contributed by atoms with E-state index in [1.807, 2.05) is 0 Å². The molecule has 0 aromatic rings. The highest BCUT2D eigenvalue weighted by molar-refractivity contribution is 7.39. The van der Waals surface area contributed by atoms with E-state index < -0.39 is 8.03 Å². The fraction of sp³-hybridized carbons (Fsp3) is 0.818. The molecule has 0 saturated heterocycles. The Morgan fingerprint density at radius 3 is 2.50 bits per heavy atom. The van der Waals surface area contributed by atoms with E-state index in [4.69, 9.17) is 4.52 Å². The van der Waals surface area contributed by atoms with Crippen LogP contribution >= 0.6 is 8.03 Å². The Bertz CT molecular complexity index is 157. The van der Waals surface area contributed by atoms with Gasteiger partial charge in [0.2, 0.25) is 0 Å². The molecule has 0 radical (unpaired) electrons. The quantitative estimate of drug-likeness (QED) is 0.310. The Morgan fingerprint density at radius 1 is 1.21 bits per heavy atom. The lowest BCUT2D eigenvalue weighted by molar-refractivity contribution is 0.370. The van der Waals surface area contributed by atoms with Crippen LogP contribution in [-0.4, -0.2) is 12.8 Å². The van der Waals surface area contributed by atoms with Gasteiger partial charge >= 0.3 is 8.03 Å². The first-order valence-electron chi connectivity index (χ1n) is 5.49. The summed E-state index contributed by atoms with van der Waals surface area (Å²) in [4.78, 5) is 0. The highest BCUT2D eigenvalue weighted by Crippen LogP contribution is 2.24. The summed E-state index contributed by atoms with van der Waals surface area (Å²) in [6.45, 7) is 6.13. The summed E-state index contributed by atoms with van der Waals surface area (Å²) >= 11 is 0. The monoisotopic (exact) mass is 217 g/mol. The van der Waals surface area contributed by atoms with Crippen LogP contribution in [0.4, 0.5) is 0 Å². The minimum Gasteiger partial charge on any atom is -0.142 e. The van der Waals surface area contributed by atoms with Crippen molar-refractivity contribution in [2.24, 2.45) is 0 Å². The smallest absolute Gasteiger partial charge is 0.142 e. The van der Waals surface area contributed by atoms with Crippen molar-refractivity contribution >= 4 is 8.03 Å². The maximum absolute atomic E-state index is 11.2. The van der Waals surface area contributed by atoms with Crippen LogP contribution in [0, 0.1) is 0 Å². The van der Waals surface area contributed by atoms with E-state index in [9.17, 15) is 4.57 Å². The van der Waals surface area contributed by atoms with Gasteiger partial charge in [0.05, 0.1) is 0 Å². The van der Waals surface area contributed by atoms with Crippen LogP contribution in [0.5, 0.6) is 0 Å². The molecule has 0 aromatic carbocycles. The molecule has 0 spiro atoms. The van der Waals surface area contributed by atoms with Crippen molar-refractivity contribution in [1.82, 2.24) is 0 Å². The molecule has 0 N–H and O–H groups in total. The van der Waals surface area contributed by atoms with Crippen LogP contribution in [0.1, 0.15) is 45.4 Å². The van der Waals surface area contributed by atoms with Gasteiger partial charge in [-0.2, -0.15) is 0 Å². The lowest BCUT2D eigenvalue weighted by Crippen LogP contribution is -1.86. The second-order valence-electron chi connectivity index (χ2n) is 3.41. The minimum atomic E-state index is -1.43. The topological polar surface area (TPSA) is 26.3 Å². The molecule has 82 valence electrons. The predicted octanol–water partition coefficient (Wildman–Crippen LogP) is 4.29. The summed E-state index contributed by atoms with van der Waals surface area (Å²) < 4.78 is 16.2. The molecule has 0 saturated carbocycles. The third-order valence-electron chi connectivity index (χ3n) is 2.03. The maximum atomic E-state index is 11.2. The Hall–Kier alpha value is -0.200. The molecule has 0 amide bonds. The first-order chi connectivity index (χ1) is 6.81. The lowest BCUT2D eigenvalue weighted by Gasteiger charge is -1.95. The molecule has 0 aliphatic carbocycles. The minimum absolute atomic E-state index is 0.408. The standard InChI is InChI=1S/C11H22O2P/c1-3-5-6-7-8-9-11-14(12)13-10-4-2/h4H,2-3,5-11H2,1H3/q+1. The highest BCUT2D eigenvalue weighted by atomic mass is 31.1. The van der Waals surface area contributed by atoms with Gasteiger partial charge in [0.1, 0.15) is 6.61 Å². The van der Waals surface area contributed by atoms with Crippen LogP contribution in [0.3, 0.4) is 0 Å². The van der Waals surface area contributed by atoms with E-state index in [1.165, 1.54) is 32.1 Å². The molecule has 0 heterocycles. The molecule has 1 atom stereocenters. The van der Waals surface area contributed by atoms with Crippen LogP contribution < -0.4 is 0 Å². The second kappa shape index (κ2) is 10.9. The zero-order valence-electron chi connectivity index (χ0n) is 9.21. The van der Waals surface area contributed by atoms with E-state index in [2.05, 4.69) is 13.5 Å². The Kier molecular flexibility index (Phi) is 10.7. The summed E-state index contributed by atoms with van der Waals surface area (Å²) in [5.41, 5.74) is 0. The number of hydrogen-bond acceptors (Lipinski definition) is 2. The van der Waals surface area contributed by atoms with Gasteiger partial charge in [-0.3, -0.25) is 0 Å². The molecule has 0 aromatic heterocycles. The van der Waals surface area contributed by atoms with Gasteiger partial charge in [0.25, 0.3) is 0 Å². The van der Waals surface area contributed by atoms with Crippen LogP contribution in [-0.2, 0) is 9.09 Å². The van der Waals surface area contributed by atoms with Gasteiger partial charge in [-0.1, -0.05) is 38.7 Å². The Balaban J connectivity index is 3.10. The predicted molar refractivity (Wildman–Crippen MR) is 62.0 cm³/mol. The summed E-state index contributed by atoms with van der Waals surface area (Å²) in [6.07, 6.45) is 9.70. The van der Waals surface area contributed by atoms with Gasteiger partial charge in [-0.05, 0) is 17.4 Å². The Morgan fingerprint density at radius 2 is 1.86 bits per heavy atom. The first kappa shape index (κ1) is 13.8. The van der Waals surface area contributed by atoms with E-state index in [0.717, 1.165) is 6.42 Å². The van der Waals surface area contributed by atoms with Gasteiger partial charge in [-0.15, -0.1) is 11.1 Å². The van der Waals surface area contributed by atoms with Crippen LogP contribution in [0.25, 0.3) is 0 Å². The summed E-state index contributed by atoms with van der Waals surface area (Å²) in [5, 5.41) is 0. The van der Waals surface area contributed by atoms with Crippen LogP contribution in [0.15, 0.2) is 12.7 Å². The first-order valence-corrected chi connectivity index (χ1v) is 6.86. The fourth-order valence-electron chi connectivity index (χ4n) is 1.22. The Labute approximate surface area is 88.6 Å². The van der Waals surface area contributed by atoms with Gasteiger partial charge in [-0.25, -0.2) is 0 Å². The van der Waals surface area contributed by atoms with E-state index in [-0.39, 0.29) is 0 Å². The normalized spacial score (nSPS) is 11.4. The molecule has 0 bridgehead atoms. The number of rotatable bonds is 10. The molecular weight excluding hydrogens is 195 g/mol. The van der Waals surface area contributed by atoms with Crippen molar-refractivity contribution in [3.05, 3.63) is 12.7 Å². The van der Waals surface area contributed by atoms with Gasteiger partial charge in [0, 0.05) is 0 Å². The van der Waals surface area contributed by atoms with Crippen molar-refractivity contribution in [1.29, 1.82) is 0 Å². The van der Waals surface area contributed by atoms with Crippen molar-refractivity contribution in [2.45, 2.75) is 45.4 Å². The molecule has 0 aliphatic heterocycles. The van der Waals surface area contributed by atoms with Gasteiger partial charge < -0.3 is 0 Å². The lowest BCUT2D eigenvalue weighted by atomic mass is 10.1. The van der Waals surface area contributed by atoms with Crippen molar-refractivity contribution in [3.63, 3.8) is 0 Å². The zero-order chi connectivity index (χ0) is 10.6. The van der Waals surface area contributed by atoms with Crippen LogP contribution in [0.2, 0.25) is 0 Å². The molecule has 0 fully saturated rings. The molecular formula is C11H22O2P+. The summed E-state index contributed by atoms with van der Waals surface area (Å²) in [6, 6.07) is 0. The van der Waals surface area contributed by atoms with E-state index >= 15 is 0 Å². The molecule has 2 nitrogen and oxygen atoms in total. The summed E-state index contributed by atoms with van der Waals surface area (Å²) in [7, 11) is -1.43. The second-order valence-corrected chi connectivity index (χ2v) is 4.78. The maximum Gasteiger partial charge on any atom is 0.508 e. The van der Waals surface area contributed by atoms with Crippen molar-refractivity contribution in [3.8, 4) is 0 Å². The van der Waals surface area contributed by atoms with Gasteiger partial charge in [0.15, 0.2) is 6.16 Å². The fourth-order valence-corrected chi connectivity index (χ4v) is 2.10. The van der Waals surface area contributed by atoms with E-state index in [1.54, 1.807) is 6.08 Å². The number of hydrogen-bond donors (Lipinski definition) is 0. The molecule has 0 rings (SSSR count). The largest absolute Gasteiger partial charge is 0.508 e. The zero-order valence-corrected chi connectivity index (χ0v) is 10.1. The highest BCUT2D eigenvalue weighted by Gasteiger charge is 2.14. The summed E-state index contributed by atoms with van der Waals surface area (Å²) in [5.74, 6) is 0. The third kappa shape index (κ3) is 9.88. The average Bonchev–Trinajstić information content (AvgIpc) is 2.20. The molecule has 0 aliphatic rings. The third-order valence-corrected chi connectivity index (χ3v) is 3.15. The molecule has 1 unspecified atom stereocenters. The van der Waals surface area contributed by atoms with Crippen molar-refractivity contribution in [2.75, 3.05) is 12.8 Å². The number of unbranched alkanes of at least 4 members (excludes halogenated alkanes) is 5. The van der Waals surface area contributed by atoms with E-state index in [0.29, 0.717) is 12.8 Å². The molecule has 3 heteroatoms.